The van der Waals surface area contributed by atoms with Crippen LogP contribution in [-0.2, 0) is 11.3 Å². The fourth-order valence-electron chi connectivity index (χ4n) is 3.62. The summed E-state index contributed by atoms with van der Waals surface area (Å²) in [7, 11) is 5.01. The van der Waals surface area contributed by atoms with Crippen LogP contribution in [0.4, 0.5) is 0 Å². The highest BCUT2D eigenvalue weighted by Gasteiger charge is 2.53. The summed E-state index contributed by atoms with van der Waals surface area (Å²) in [6.07, 6.45) is 2.23. The quantitative estimate of drug-likeness (QED) is 0.809. The smallest absolute Gasteiger partial charge is 0.239 e. The number of β-amino-alcohol motifs (C(OH)–C–C–N with tert-alkyl or cyclic N) is 1. The van der Waals surface area contributed by atoms with Crippen LogP contribution in [0.2, 0.25) is 0 Å². The maximum atomic E-state index is 12.7. The monoisotopic (exact) mass is 348 g/mol. The number of benzene rings is 1. The highest BCUT2D eigenvalue weighted by Crippen LogP contribution is 2.45. The third kappa shape index (κ3) is 3.60. The van der Waals surface area contributed by atoms with Gasteiger partial charge in [0, 0.05) is 26.7 Å². The van der Waals surface area contributed by atoms with Crippen molar-refractivity contribution in [3.8, 4) is 11.5 Å². The number of carbonyl (C=O) groups excluding carboxylic acids is 1. The van der Waals surface area contributed by atoms with Crippen LogP contribution in [0, 0.1) is 5.92 Å². The van der Waals surface area contributed by atoms with E-state index < -0.39 is 5.60 Å². The number of rotatable bonds is 7. The zero-order chi connectivity index (χ0) is 18.2. The zero-order valence-electron chi connectivity index (χ0n) is 15.5. The maximum absolute atomic E-state index is 12.7. The van der Waals surface area contributed by atoms with E-state index >= 15 is 0 Å². The molecule has 1 amide bonds. The van der Waals surface area contributed by atoms with E-state index in [1.54, 1.807) is 19.1 Å². The van der Waals surface area contributed by atoms with Crippen LogP contribution >= 0.6 is 0 Å². The van der Waals surface area contributed by atoms with Gasteiger partial charge in [0.15, 0.2) is 11.5 Å². The van der Waals surface area contributed by atoms with Crippen LogP contribution in [0.5, 0.6) is 11.5 Å². The van der Waals surface area contributed by atoms with E-state index in [-0.39, 0.29) is 11.9 Å². The minimum atomic E-state index is -0.559. The first kappa shape index (κ1) is 18.0. The van der Waals surface area contributed by atoms with Gasteiger partial charge in [0.1, 0.15) is 0 Å². The van der Waals surface area contributed by atoms with Crippen LogP contribution in [0.15, 0.2) is 18.2 Å². The molecule has 0 aromatic heterocycles. The Hall–Kier alpha value is -1.79. The van der Waals surface area contributed by atoms with Crippen LogP contribution in [0.1, 0.15) is 25.3 Å². The first-order chi connectivity index (χ1) is 11.9. The largest absolute Gasteiger partial charge is 0.493 e. The van der Waals surface area contributed by atoms with Gasteiger partial charge in [-0.1, -0.05) is 6.07 Å². The summed E-state index contributed by atoms with van der Waals surface area (Å²) in [6, 6.07) is 5.46. The third-order valence-electron chi connectivity index (χ3n) is 5.44. The molecule has 1 aliphatic carbocycles. The molecule has 1 N–H and O–H groups in total. The molecule has 1 saturated heterocycles. The number of ether oxygens (including phenoxy) is 2. The SMILES string of the molecule is COc1ccc(CN(C)C(=O)C(C)N2CC(O)(C3CC3)C2)cc1OC. The van der Waals surface area contributed by atoms with Crippen molar-refractivity contribution in [3.63, 3.8) is 0 Å². The second kappa shape index (κ2) is 6.84. The second-order valence-electron chi connectivity index (χ2n) is 7.34. The molecule has 138 valence electrons. The van der Waals surface area contributed by atoms with Crippen LogP contribution in [0.3, 0.4) is 0 Å². The van der Waals surface area contributed by atoms with Gasteiger partial charge >= 0.3 is 0 Å². The number of amides is 1. The average Bonchev–Trinajstić information content (AvgIpc) is 3.42. The number of methoxy groups -OCH3 is 2. The average molecular weight is 348 g/mol. The second-order valence-corrected chi connectivity index (χ2v) is 7.34. The minimum absolute atomic E-state index is 0.0626. The summed E-state index contributed by atoms with van der Waals surface area (Å²) in [5.74, 6) is 1.84. The Morgan fingerprint density at radius 3 is 2.52 bits per heavy atom. The van der Waals surface area contributed by atoms with E-state index in [0.29, 0.717) is 37.1 Å². The van der Waals surface area contributed by atoms with Crippen LogP contribution < -0.4 is 9.47 Å². The van der Waals surface area contributed by atoms with Crippen molar-refractivity contribution in [2.24, 2.45) is 5.92 Å². The minimum Gasteiger partial charge on any atom is -0.493 e. The number of hydrogen-bond acceptors (Lipinski definition) is 5. The maximum Gasteiger partial charge on any atom is 0.239 e. The van der Waals surface area contributed by atoms with E-state index in [1.165, 1.54) is 0 Å². The van der Waals surface area contributed by atoms with Crippen molar-refractivity contribution in [2.75, 3.05) is 34.4 Å². The summed E-state index contributed by atoms with van der Waals surface area (Å²) in [5.41, 5.74) is 0.426. The highest BCUT2D eigenvalue weighted by molar-refractivity contribution is 5.81. The normalized spacial score (nSPS) is 20.5. The van der Waals surface area contributed by atoms with Gasteiger partial charge in [0.05, 0.1) is 25.9 Å². The van der Waals surface area contributed by atoms with Gasteiger partial charge in [-0.25, -0.2) is 0 Å². The first-order valence-corrected chi connectivity index (χ1v) is 8.80. The van der Waals surface area contributed by atoms with Gasteiger partial charge in [-0.05, 0) is 43.4 Å². The molecule has 0 spiro atoms. The summed E-state index contributed by atoms with van der Waals surface area (Å²) in [4.78, 5) is 16.5. The molecule has 1 aromatic rings. The third-order valence-corrected chi connectivity index (χ3v) is 5.44. The molecule has 1 saturated carbocycles. The zero-order valence-corrected chi connectivity index (χ0v) is 15.5. The molecule has 0 radical (unpaired) electrons. The summed E-state index contributed by atoms with van der Waals surface area (Å²) in [6.45, 7) is 3.63. The summed E-state index contributed by atoms with van der Waals surface area (Å²) >= 11 is 0. The Bertz CT molecular complexity index is 638. The standard InChI is InChI=1S/C19H28N2O4/c1-13(21-11-19(23,12-21)15-6-7-15)18(22)20(2)10-14-5-8-16(24-3)17(9-14)25-4/h5,8-9,13,15,23H,6-7,10-12H2,1-4H3. The predicted molar refractivity (Wildman–Crippen MR) is 94.7 cm³/mol. The van der Waals surface area contributed by atoms with Gasteiger partial charge in [0.2, 0.25) is 5.91 Å². The number of likely N-dealkylation sites (N-methyl/N-ethyl adjacent to an activating group) is 1. The van der Waals surface area contributed by atoms with Gasteiger partial charge in [-0.2, -0.15) is 0 Å². The first-order valence-electron chi connectivity index (χ1n) is 8.80. The molecular weight excluding hydrogens is 320 g/mol. The van der Waals surface area contributed by atoms with Crippen LogP contribution in [0.25, 0.3) is 0 Å². The molecule has 25 heavy (non-hydrogen) atoms. The molecule has 1 unspecified atom stereocenters. The van der Waals surface area contributed by atoms with Crippen molar-refractivity contribution in [1.29, 1.82) is 0 Å². The van der Waals surface area contributed by atoms with Crippen LogP contribution in [-0.4, -0.2) is 66.8 Å². The lowest BCUT2D eigenvalue weighted by atomic mass is 9.87. The number of likely N-dealkylation sites (tertiary alicyclic amines) is 1. The molecule has 1 atom stereocenters. The lowest BCUT2D eigenvalue weighted by Crippen LogP contribution is -2.67. The van der Waals surface area contributed by atoms with Gasteiger partial charge in [-0.3, -0.25) is 9.69 Å². The van der Waals surface area contributed by atoms with Gasteiger partial charge in [0.25, 0.3) is 0 Å². The predicted octanol–water partition coefficient (Wildman–Crippen LogP) is 1.51. The van der Waals surface area contributed by atoms with Gasteiger partial charge in [-0.15, -0.1) is 0 Å². The lowest BCUT2D eigenvalue weighted by molar-refractivity contribution is -0.154. The molecule has 6 nitrogen and oxygen atoms in total. The molecule has 6 heteroatoms. The Kier molecular flexibility index (Phi) is 4.93. The highest BCUT2D eigenvalue weighted by atomic mass is 16.5. The van der Waals surface area contributed by atoms with E-state index in [4.69, 9.17) is 9.47 Å². The molecule has 2 fully saturated rings. The number of aliphatic hydroxyl groups is 1. The Labute approximate surface area is 149 Å². The molecule has 3 rings (SSSR count). The molecular formula is C19H28N2O4. The van der Waals surface area contributed by atoms with Crippen molar-refractivity contribution in [3.05, 3.63) is 23.8 Å². The number of nitrogens with zero attached hydrogens (tertiary/aromatic N) is 2. The van der Waals surface area contributed by atoms with Crippen molar-refractivity contribution in [2.45, 2.75) is 38.0 Å². The molecule has 0 bridgehead atoms. The molecule has 1 aliphatic heterocycles. The van der Waals surface area contributed by atoms with E-state index in [9.17, 15) is 9.90 Å². The Balaban J connectivity index is 1.57. The molecule has 1 heterocycles. The fraction of sp³-hybridized carbons (Fsp3) is 0.632. The van der Waals surface area contributed by atoms with Crippen molar-refractivity contribution in [1.82, 2.24) is 9.80 Å². The topological polar surface area (TPSA) is 62.2 Å². The van der Waals surface area contributed by atoms with Gasteiger partial charge < -0.3 is 19.5 Å². The molecule has 2 aliphatic rings. The van der Waals surface area contributed by atoms with E-state index in [1.807, 2.05) is 32.2 Å². The van der Waals surface area contributed by atoms with Crippen molar-refractivity contribution < 1.29 is 19.4 Å². The Morgan fingerprint density at radius 1 is 1.32 bits per heavy atom. The Morgan fingerprint density at radius 2 is 1.96 bits per heavy atom. The van der Waals surface area contributed by atoms with E-state index in [2.05, 4.69) is 4.90 Å². The van der Waals surface area contributed by atoms with Crippen molar-refractivity contribution >= 4 is 5.91 Å². The fourth-order valence-corrected chi connectivity index (χ4v) is 3.62. The number of hydrogen-bond donors (Lipinski definition) is 1. The lowest BCUT2D eigenvalue weighted by Gasteiger charge is -2.49. The summed E-state index contributed by atoms with van der Waals surface area (Å²) in [5, 5.41) is 10.4. The number of carbonyl (C=O) groups is 1. The molecule has 1 aromatic carbocycles. The summed E-state index contributed by atoms with van der Waals surface area (Å²) < 4.78 is 10.6. The van der Waals surface area contributed by atoms with E-state index in [0.717, 1.165) is 18.4 Å².